The minimum Gasteiger partial charge on any atom is -0.480 e. The Morgan fingerprint density at radius 3 is 2.05 bits per heavy atom. The molecule has 1 amide bonds. The molecule has 0 aliphatic rings. The molecule has 0 fully saturated rings. The first-order chi connectivity index (χ1) is 8.84. The van der Waals surface area contributed by atoms with Crippen LogP contribution < -0.4 is 11.1 Å². The van der Waals surface area contributed by atoms with Gasteiger partial charge in [0.2, 0.25) is 5.91 Å². The molecule has 0 radical (unpaired) electrons. The van der Waals surface area contributed by atoms with Gasteiger partial charge in [-0.05, 0) is 12.8 Å². The van der Waals surface area contributed by atoms with E-state index in [9.17, 15) is 14.4 Å². The maximum atomic E-state index is 10.8. The van der Waals surface area contributed by atoms with Crippen molar-refractivity contribution in [3.8, 4) is 0 Å². The van der Waals surface area contributed by atoms with Gasteiger partial charge in [-0.25, -0.2) is 4.79 Å². The van der Waals surface area contributed by atoms with Crippen molar-refractivity contribution in [3.05, 3.63) is 0 Å². The summed E-state index contributed by atoms with van der Waals surface area (Å²) in [6.45, 7) is 1.27. The van der Waals surface area contributed by atoms with Crippen LogP contribution in [0.3, 0.4) is 0 Å². The highest BCUT2D eigenvalue weighted by Crippen LogP contribution is 2.23. The fraction of sp³-hybridized carbons (Fsp3) is 0.700. The van der Waals surface area contributed by atoms with Crippen LogP contribution in [0.1, 0.15) is 19.8 Å². The van der Waals surface area contributed by atoms with Crippen molar-refractivity contribution >= 4 is 39.4 Å². The quantitative estimate of drug-likeness (QED) is 0.331. The number of carboxylic acids is 2. The first-order valence-corrected chi connectivity index (χ1v) is 8.06. The summed E-state index contributed by atoms with van der Waals surface area (Å²) in [7, 11) is 2.87. The van der Waals surface area contributed by atoms with Crippen LogP contribution >= 0.6 is 21.6 Å². The highest BCUT2D eigenvalue weighted by Gasteiger charge is 2.17. The molecule has 0 aliphatic heterocycles. The second-order valence-corrected chi connectivity index (χ2v) is 6.46. The molecule has 0 saturated carbocycles. The zero-order valence-corrected chi connectivity index (χ0v) is 12.1. The highest BCUT2D eigenvalue weighted by molar-refractivity contribution is 8.76. The molecule has 0 saturated heterocycles. The zero-order chi connectivity index (χ0) is 14.8. The lowest BCUT2D eigenvalue weighted by molar-refractivity contribution is -0.141. The number of rotatable bonds is 10. The Labute approximate surface area is 119 Å². The normalized spacial score (nSPS) is 13.6. The van der Waals surface area contributed by atoms with Gasteiger partial charge in [-0.15, -0.1) is 0 Å². The molecule has 0 heterocycles. The van der Waals surface area contributed by atoms with Gasteiger partial charge in [0, 0.05) is 18.4 Å². The molecule has 9 heteroatoms. The molecule has 0 aromatic rings. The number of hydrogen-bond acceptors (Lipinski definition) is 6. The van der Waals surface area contributed by atoms with Crippen LogP contribution in [0.25, 0.3) is 0 Å². The number of nitrogens with one attached hydrogen (secondary N) is 1. The molecule has 2 atom stereocenters. The number of carbonyl (C=O) groups is 3. The molecule has 0 aromatic heterocycles. The van der Waals surface area contributed by atoms with Crippen LogP contribution in [0, 0.1) is 0 Å². The topological polar surface area (TPSA) is 130 Å². The van der Waals surface area contributed by atoms with Gasteiger partial charge in [0.25, 0.3) is 0 Å². The summed E-state index contributed by atoms with van der Waals surface area (Å²) in [4.78, 5) is 32.0. The Kier molecular flexibility index (Phi) is 9.44. The van der Waals surface area contributed by atoms with Crippen LogP contribution in [-0.2, 0) is 14.4 Å². The summed E-state index contributed by atoms with van der Waals surface area (Å²) in [5.74, 6) is -1.34. The molecule has 110 valence electrons. The molecule has 0 rings (SSSR count). The Balaban J connectivity index is 3.69. The van der Waals surface area contributed by atoms with Crippen LogP contribution in [0.2, 0.25) is 0 Å². The number of hydrogen-bond donors (Lipinski definition) is 4. The number of carboxylic acid groups (broad SMARTS) is 2. The second kappa shape index (κ2) is 9.93. The highest BCUT2D eigenvalue weighted by atomic mass is 33.1. The number of amides is 1. The smallest absolute Gasteiger partial charge is 0.326 e. The van der Waals surface area contributed by atoms with E-state index in [-0.39, 0.29) is 5.91 Å². The van der Waals surface area contributed by atoms with E-state index in [0.29, 0.717) is 24.3 Å². The zero-order valence-electron chi connectivity index (χ0n) is 10.5. The lowest BCUT2D eigenvalue weighted by atomic mass is 10.2. The van der Waals surface area contributed by atoms with Gasteiger partial charge >= 0.3 is 11.9 Å². The van der Waals surface area contributed by atoms with Gasteiger partial charge in [-0.2, -0.15) is 0 Å². The predicted octanol–water partition coefficient (Wildman–Crippen LogP) is 0.149. The van der Waals surface area contributed by atoms with Crippen molar-refractivity contribution in [1.29, 1.82) is 0 Å². The molecule has 5 N–H and O–H groups in total. The van der Waals surface area contributed by atoms with E-state index in [1.807, 2.05) is 0 Å². The van der Waals surface area contributed by atoms with Crippen molar-refractivity contribution in [3.63, 3.8) is 0 Å². The summed E-state index contributed by atoms with van der Waals surface area (Å²) >= 11 is 0. The summed E-state index contributed by atoms with van der Waals surface area (Å²) in [6, 6.07) is -1.74. The van der Waals surface area contributed by atoms with E-state index in [0.717, 1.165) is 0 Å². The second-order valence-electron chi connectivity index (χ2n) is 3.76. The van der Waals surface area contributed by atoms with Gasteiger partial charge in [0.05, 0.1) is 0 Å². The standard InChI is InChI=1S/C10H18N2O5S2/c1-6(13)12-8(10(16)17)3-5-19-18-4-2-7(11)9(14)15/h7-8H,2-5,11H2,1H3,(H,12,13)(H,14,15)(H,16,17)/t7?,8-/m0/s1. The van der Waals surface area contributed by atoms with Crippen molar-refractivity contribution in [2.24, 2.45) is 5.73 Å². The molecule has 0 aliphatic carbocycles. The first-order valence-electron chi connectivity index (χ1n) is 5.57. The predicted molar refractivity (Wildman–Crippen MR) is 75.0 cm³/mol. The first kappa shape index (κ1) is 18.1. The average Bonchev–Trinajstić information content (AvgIpc) is 2.30. The number of aliphatic carboxylic acids is 2. The largest absolute Gasteiger partial charge is 0.480 e. The molecule has 7 nitrogen and oxygen atoms in total. The maximum Gasteiger partial charge on any atom is 0.326 e. The average molecular weight is 310 g/mol. The Hall–Kier alpha value is -0.930. The van der Waals surface area contributed by atoms with Crippen LogP contribution in [0.15, 0.2) is 0 Å². The Bertz CT molecular complexity index is 327. The van der Waals surface area contributed by atoms with Crippen molar-refractivity contribution in [2.45, 2.75) is 31.8 Å². The van der Waals surface area contributed by atoms with Crippen molar-refractivity contribution in [2.75, 3.05) is 11.5 Å². The van der Waals surface area contributed by atoms with Gasteiger partial charge in [0.1, 0.15) is 12.1 Å². The number of carbonyl (C=O) groups excluding carboxylic acids is 1. The summed E-state index contributed by atoms with van der Waals surface area (Å²) in [6.07, 6.45) is 0.679. The molecule has 0 bridgehead atoms. The van der Waals surface area contributed by atoms with Crippen molar-refractivity contribution < 1.29 is 24.6 Å². The third-order valence-corrected chi connectivity index (χ3v) is 4.55. The summed E-state index contributed by atoms with van der Waals surface area (Å²) in [5.41, 5.74) is 5.33. The fourth-order valence-corrected chi connectivity index (χ4v) is 3.29. The lowest BCUT2D eigenvalue weighted by Crippen LogP contribution is -2.39. The van der Waals surface area contributed by atoms with E-state index >= 15 is 0 Å². The van der Waals surface area contributed by atoms with Crippen LogP contribution in [-0.4, -0.2) is 51.6 Å². The van der Waals surface area contributed by atoms with Gasteiger partial charge in [-0.3, -0.25) is 9.59 Å². The van der Waals surface area contributed by atoms with Gasteiger partial charge in [-0.1, -0.05) is 21.6 Å². The Morgan fingerprint density at radius 2 is 1.63 bits per heavy atom. The third kappa shape index (κ3) is 9.62. The molecule has 1 unspecified atom stereocenters. The lowest BCUT2D eigenvalue weighted by Gasteiger charge is -2.12. The van der Waals surface area contributed by atoms with E-state index in [2.05, 4.69) is 5.32 Å². The summed E-state index contributed by atoms with van der Waals surface area (Å²) in [5, 5.41) is 19.7. The minimum absolute atomic E-state index is 0.317. The monoisotopic (exact) mass is 310 g/mol. The van der Waals surface area contributed by atoms with Gasteiger partial charge in [0.15, 0.2) is 0 Å². The molecule has 0 spiro atoms. The molecule has 0 aromatic carbocycles. The molecular formula is C10H18N2O5S2. The maximum absolute atomic E-state index is 10.8. The fourth-order valence-electron chi connectivity index (χ4n) is 1.09. The van der Waals surface area contributed by atoms with Crippen molar-refractivity contribution in [1.82, 2.24) is 5.32 Å². The van der Waals surface area contributed by atoms with E-state index in [1.165, 1.54) is 28.5 Å². The van der Waals surface area contributed by atoms with E-state index < -0.39 is 24.0 Å². The van der Waals surface area contributed by atoms with Crippen LogP contribution in [0.4, 0.5) is 0 Å². The van der Waals surface area contributed by atoms with Crippen LogP contribution in [0.5, 0.6) is 0 Å². The van der Waals surface area contributed by atoms with Gasteiger partial charge < -0.3 is 21.3 Å². The third-order valence-electron chi connectivity index (χ3n) is 2.08. The summed E-state index contributed by atoms with van der Waals surface area (Å²) < 4.78 is 0. The molecule has 19 heavy (non-hydrogen) atoms. The minimum atomic E-state index is -1.06. The Morgan fingerprint density at radius 1 is 1.11 bits per heavy atom. The SMILES string of the molecule is CC(=O)N[C@@H](CCSSCCC(N)C(=O)O)C(=O)O. The molecular weight excluding hydrogens is 292 g/mol. The van der Waals surface area contributed by atoms with E-state index in [4.69, 9.17) is 15.9 Å². The van der Waals surface area contributed by atoms with E-state index in [1.54, 1.807) is 0 Å². The number of nitrogens with two attached hydrogens (primary N) is 1.